The SMILES string of the molecule is CC(=O)N1CCCN(C(=O)c2ccccc2-c2ccccc2C#N)CC1. The standard InChI is InChI=1S/C21H21N3O2/c1-16(25)23-11-6-12-24(14-13-23)21(26)20-10-5-4-9-19(20)18-8-3-2-7-17(18)15-22/h2-5,7-10H,6,11-14H2,1H3. The van der Waals surface area contributed by atoms with E-state index >= 15 is 0 Å². The molecule has 1 heterocycles. The minimum Gasteiger partial charge on any atom is -0.341 e. The highest BCUT2D eigenvalue weighted by atomic mass is 16.2. The molecule has 1 aliphatic heterocycles. The molecule has 0 bridgehead atoms. The predicted molar refractivity (Wildman–Crippen MR) is 99.4 cm³/mol. The fourth-order valence-electron chi connectivity index (χ4n) is 3.33. The van der Waals surface area contributed by atoms with Crippen LogP contribution in [0.2, 0.25) is 0 Å². The third-order valence-corrected chi connectivity index (χ3v) is 4.72. The molecule has 2 aromatic carbocycles. The first kappa shape index (κ1) is 17.7. The lowest BCUT2D eigenvalue weighted by atomic mass is 9.95. The molecule has 0 spiro atoms. The highest BCUT2D eigenvalue weighted by Crippen LogP contribution is 2.28. The van der Waals surface area contributed by atoms with E-state index in [1.807, 2.05) is 36.4 Å². The van der Waals surface area contributed by atoms with Crippen molar-refractivity contribution in [3.8, 4) is 17.2 Å². The maximum absolute atomic E-state index is 13.2. The van der Waals surface area contributed by atoms with Crippen molar-refractivity contribution in [2.24, 2.45) is 0 Å². The van der Waals surface area contributed by atoms with Crippen LogP contribution in [0, 0.1) is 11.3 Å². The minimum atomic E-state index is -0.0567. The highest BCUT2D eigenvalue weighted by molar-refractivity contribution is 6.01. The van der Waals surface area contributed by atoms with E-state index < -0.39 is 0 Å². The van der Waals surface area contributed by atoms with Crippen LogP contribution in [0.15, 0.2) is 48.5 Å². The minimum absolute atomic E-state index is 0.0441. The Morgan fingerprint density at radius 2 is 1.50 bits per heavy atom. The molecule has 5 nitrogen and oxygen atoms in total. The van der Waals surface area contributed by atoms with Gasteiger partial charge in [0.2, 0.25) is 5.91 Å². The number of carbonyl (C=O) groups excluding carboxylic acids is 2. The molecule has 1 saturated heterocycles. The quantitative estimate of drug-likeness (QED) is 0.839. The number of carbonyl (C=O) groups is 2. The Morgan fingerprint density at radius 1 is 0.885 bits per heavy atom. The molecular formula is C21H21N3O2. The van der Waals surface area contributed by atoms with E-state index in [-0.39, 0.29) is 11.8 Å². The molecule has 5 heteroatoms. The van der Waals surface area contributed by atoms with Gasteiger partial charge in [-0.25, -0.2) is 0 Å². The molecule has 0 N–H and O–H groups in total. The van der Waals surface area contributed by atoms with Gasteiger partial charge in [0.25, 0.3) is 5.91 Å². The molecule has 26 heavy (non-hydrogen) atoms. The second-order valence-corrected chi connectivity index (χ2v) is 6.35. The first-order valence-electron chi connectivity index (χ1n) is 8.75. The predicted octanol–water partition coefficient (Wildman–Crippen LogP) is 2.92. The van der Waals surface area contributed by atoms with Crippen molar-refractivity contribution in [2.45, 2.75) is 13.3 Å². The zero-order valence-corrected chi connectivity index (χ0v) is 14.8. The van der Waals surface area contributed by atoms with Gasteiger partial charge in [-0.15, -0.1) is 0 Å². The molecule has 0 saturated carbocycles. The zero-order valence-electron chi connectivity index (χ0n) is 14.8. The highest BCUT2D eigenvalue weighted by Gasteiger charge is 2.23. The summed E-state index contributed by atoms with van der Waals surface area (Å²) in [6.45, 7) is 3.94. The Hall–Kier alpha value is -3.13. The van der Waals surface area contributed by atoms with Gasteiger partial charge in [0.1, 0.15) is 0 Å². The lowest BCUT2D eigenvalue weighted by Gasteiger charge is -2.23. The van der Waals surface area contributed by atoms with Crippen LogP contribution in [0.25, 0.3) is 11.1 Å². The molecule has 3 rings (SSSR count). The number of hydrogen-bond acceptors (Lipinski definition) is 3. The van der Waals surface area contributed by atoms with Gasteiger partial charge in [0.15, 0.2) is 0 Å². The third kappa shape index (κ3) is 3.60. The Kier molecular flexibility index (Phi) is 5.33. The summed E-state index contributed by atoms with van der Waals surface area (Å²) in [7, 11) is 0. The Labute approximate surface area is 153 Å². The van der Waals surface area contributed by atoms with Gasteiger partial charge in [-0.3, -0.25) is 9.59 Å². The van der Waals surface area contributed by atoms with E-state index in [0.717, 1.165) is 17.5 Å². The largest absolute Gasteiger partial charge is 0.341 e. The summed E-state index contributed by atoms with van der Waals surface area (Å²) in [5.41, 5.74) is 2.67. The number of nitriles is 1. The fraction of sp³-hybridized carbons (Fsp3) is 0.286. The number of benzene rings is 2. The summed E-state index contributed by atoms with van der Waals surface area (Å²) < 4.78 is 0. The van der Waals surface area contributed by atoms with Crippen LogP contribution < -0.4 is 0 Å². The molecule has 1 fully saturated rings. The topological polar surface area (TPSA) is 64.4 Å². The molecule has 2 aromatic rings. The van der Waals surface area contributed by atoms with Crippen LogP contribution in [-0.4, -0.2) is 47.8 Å². The Bertz CT molecular complexity index is 870. The van der Waals surface area contributed by atoms with E-state index in [1.54, 1.807) is 28.9 Å². The maximum atomic E-state index is 13.2. The van der Waals surface area contributed by atoms with Crippen LogP contribution >= 0.6 is 0 Å². The molecular weight excluding hydrogens is 326 g/mol. The van der Waals surface area contributed by atoms with Gasteiger partial charge < -0.3 is 9.80 Å². The van der Waals surface area contributed by atoms with E-state index in [9.17, 15) is 14.9 Å². The van der Waals surface area contributed by atoms with Gasteiger partial charge in [-0.1, -0.05) is 36.4 Å². The summed E-state index contributed by atoms with van der Waals surface area (Å²) in [6.07, 6.45) is 0.766. The summed E-state index contributed by atoms with van der Waals surface area (Å²) in [5, 5.41) is 9.39. The summed E-state index contributed by atoms with van der Waals surface area (Å²) in [6, 6.07) is 16.9. The molecule has 132 valence electrons. The van der Waals surface area contributed by atoms with Crippen LogP contribution in [0.4, 0.5) is 0 Å². The molecule has 2 amide bonds. The van der Waals surface area contributed by atoms with Crippen LogP contribution in [0.1, 0.15) is 29.3 Å². The van der Waals surface area contributed by atoms with E-state index in [2.05, 4.69) is 6.07 Å². The molecule has 0 radical (unpaired) electrons. The van der Waals surface area contributed by atoms with Gasteiger partial charge in [0.05, 0.1) is 11.6 Å². The second kappa shape index (κ2) is 7.83. The summed E-state index contributed by atoms with van der Waals surface area (Å²) in [5.74, 6) is -0.0126. The average molecular weight is 347 g/mol. The number of rotatable bonds is 2. The number of nitrogens with zero attached hydrogens (tertiary/aromatic N) is 3. The van der Waals surface area contributed by atoms with Crippen molar-refractivity contribution in [1.82, 2.24) is 9.80 Å². The van der Waals surface area contributed by atoms with Crippen molar-refractivity contribution in [2.75, 3.05) is 26.2 Å². The van der Waals surface area contributed by atoms with E-state index in [0.29, 0.717) is 37.3 Å². The molecule has 0 aromatic heterocycles. The number of hydrogen-bond donors (Lipinski definition) is 0. The molecule has 0 atom stereocenters. The van der Waals surface area contributed by atoms with Gasteiger partial charge >= 0.3 is 0 Å². The van der Waals surface area contributed by atoms with Crippen LogP contribution in [-0.2, 0) is 4.79 Å². The van der Waals surface area contributed by atoms with Crippen molar-refractivity contribution in [3.05, 3.63) is 59.7 Å². The van der Waals surface area contributed by atoms with E-state index in [4.69, 9.17) is 0 Å². The summed E-state index contributed by atoms with van der Waals surface area (Å²) in [4.78, 5) is 28.3. The first-order valence-corrected chi connectivity index (χ1v) is 8.75. The van der Waals surface area contributed by atoms with Gasteiger partial charge in [-0.2, -0.15) is 5.26 Å². The smallest absolute Gasteiger partial charge is 0.254 e. The molecule has 0 unspecified atom stereocenters. The maximum Gasteiger partial charge on any atom is 0.254 e. The van der Waals surface area contributed by atoms with Crippen LogP contribution in [0.5, 0.6) is 0 Å². The third-order valence-electron chi connectivity index (χ3n) is 4.72. The summed E-state index contributed by atoms with van der Waals surface area (Å²) >= 11 is 0. The Morgan fingerprint density at radius 3 is 2.23 bits per heavy atom. The van der Waals surface area contributed by atoms with Gasteiger partial charge in [0, 0.05) is 44.2 Å². The fourth-order valence-corrected chi connectivity index (χ4v) is 3.33. The normalized spacial score (nSPS) is 14.5. The van der Waals surface area contributed by atoms with Crippen molar-refractivity contribution in [3.63, 3.8) is 0 Å². The van der Waals surface area contributed by atoms with Crippen molar-refractivity contribution in [1.29, 1.82) is 5.26 Å². The molecule has 0 aliphatic carbocycles. The van der Waals surface area contributed by atoms with E-state index in [1.165, 1.54) is 0 Å². The average Bonchev–Trinajstić information content (AvgIpc) is 2.94. The van der Waals surface area contributed by atoms with Crippen LogP contribution in [0.3, 0.4) is 0 Å². The lowest BCUT2D eigenvalue weighted by Crippen LogP contribution is -2.36. The number of amides is 2. The monoisotopic (exact) mass is 347 g/mol. The Balaban J connectivity index is 1.92. The molecule has 1 aliphatic rings. The first-order chi connectivity index (χ1) is 12.6. The van der Waals surface area contributed by atoms with Crippen molar-refractivity contribution >= 4 is 11.8 Å². The zero-order chi connectivity index (χ0) is 18.5. The van der Waals surface area contributed by atoms with Crippen molar-refractivity contribution < 1.29 is 9.59 Å². The van der Waals surface area contributed by atoms with Gasteiger partial charge in [-0.05, 0) is 24.1 Å². The lowest BCUT2D eigenvalue weighted by molar-refractivity contribution is -0.128. The second-order valence-electron chi connectivity index (χ2n) is 6.35.